The van der Waals surface area contributed by atoms with E-state index in [1.807, 2.05) is 0 Å². The first-order valence-electron chi connectivity index (χ1n) is 7.26. The zero-order chi connectivity index (χ0) is 17.9. The number of aromatic hydroxyl groups is 2. The Labute approximate surface area is 138 Å². The van der Waals surface area contributed by atoms with Crippen molar-refractivity contribution in [2.45, 2.75) is 19.4 Å². The summed E-state index contributed by atoms with van der Waals surface area (Å²) < 4.78 is 5.00. The first-order valence-corrected chi connectivity index (χ1v) is 7.26. The van der Waals surface area contributed by atoms with Crippen molar-refractivity contribution in [3.05, 3.63) is 52.6 Å². The van der Waals surface area contributed by atoms with Gasteiger partial charge in [0, 0.05) is 12.0 Å². The molecule has 6 nitrogen and oxygen atoms in total. The highest BCUT2D eigenvalue weighted by molar-refractivity contribution is 6.05. The lowest BCUT2D eigenvalue weighted by molar-refractivity contribution is 0.0875. The maximum absolute atomic E-state index is 12.5. The Kier molecular flexibility index (Phi) is 5.21. The Morgan fingerprint density at radius 1 is 1.21 bits per heavy atom. The lowest BCUT2D eigenvalue weighted by Crippen LogP contribution is -2.10. The van der Waals surface area contributed by atoms with Crippen LogP contribution in [0.25, 0.3) is 0 Å². The Morgan fingerprint density at radius 3 is 2.38 bits per heavy atom. The number of aliphatic hydroxyl groups excluding tert-OH is 1. The SMILES string of the molecule is COc1c(C)c(O)c(C(=O)CC(O)c2ccccc2)c(O)c1C=O. The number of hydrogen-bond acceptors (Lipinski definition) is 6. The molecule has 126 valence electrons. The van der Waals surface area contributed by atoms with Crippen molar-refractivity contribution in [2.75, 3.05) is 7.11 Å². The largest absolute Gasteiger partial charge is 0.507 e. The Balaban J connectivity index is 2.43. The number of hydrogen-bond donors (Lipinski definition) is 3. The van der Waals surface area contributed by atoms with Crippen LogP contribution in [0, 0.1) is 6.92 Å². The number of Topliss-reactive ketones (excluding diaryl/α,β-unsaturated/α-hetero) is 1. The van der Waals surface area contributed by atoms with E-state index in [1.54, 1.807) is 30.3 Å². The third kappa shape index (κ3) is 3.09. The van der Waals surface area contributed by atoms with Crippen LogP contribution >= 0.6 is 0 Å². The van der Waals surface area contributed by atoms with Gasteiger partial charge in [0.2, 0.25) is 0 Å². The third-order valence-electron chi connectivity index (χ3n) is 3.83. The zero-order valence-corrected chi connectivity index (χ0v) is 13.3. The molecule has 0 aliphatic carbocycles. The van der Waals surface area contributed by atoms with Gasteiger partial charge in [-0.05, 0) is 12.5 Å². The number of ether oxygens (including phenoxy) is 1. The number of carbonyl (C=O) groups is 2. The van der Waals surface area contributed by atoms with E-state index in [4.69, 9.17) is 4.74 Å². The smallest absolute Gasteiger partial charge is 0.173 e. The van der Waals surface area contributed by atoms with Crippen LogP contribution in [0.1, 0.15) is 44.4 Å². The molecule has 0 aliphatic rings. The number of aliphatic hydroxyl groups is 1. The fourth-order valence-corrected chi connectivity index (χ4v) is 2.56. The molecule has 0 aliphatic heterocycles. The van der Waals surface area contributed by atoms with Crippen molar-refractivity contribution in [3.8, 4) is 17.2 Å². The molecule has 6 heteroatoms. The van der Waals surface area contributed by atoms with E-state index in [-0.39, 0.29) is 23.3 Å². The van der Waals surface area contributed by atoms with E-state index in [9.17, 15) is 24.9 Å². The number of carbonyl (C=O) groups excluding carboxylic acids is 2. The fourth-order valence-electron chi connectivity index (χ4n) is 2.56. The Bertz CT molecular complexity index is 767. The summed E-state index contributed by atoms with van der Waals surface area (Å²) in [5.41, 5.74) is 0.0800. The van der Waals surface area contributed by atoms with Crippen LogP contribution in [0.15, 0.2) is 30.3 Å². The summed E-state index contributed by atoms with van der Waals surface area (Å²) in [6, 6.07) is 8.54. The molecule has 0 spiro atoms. The minimum absolute atomic E-state index is 0.000146. The molecule has 2 aromatic rings. The summed E-state index contributed by atoms with van der Waals surface area (Å²) in [6.45, 7) is 1.46. The number of aldehydes is 1. The first-order chi connectivity index (χ1) is 11.4. The Hall–Kier alpha value is -2.86. The van der Waals surface area contributed by atoms with Crippen molar-refractivity contribution in [1.29, 1.82) is 0 Å². The molecule has 3 N–H and O–H groups in total. The Morgan fingerprint density at radius 2 is 1.83 bits per heavy atom. The molecule has 1 atom stereocenters. The molecule has 0 heterocycles. The lowest BCUT2D eigenvalue weighted by Gasteiger charge is -2.16. The molecule has 24 heavy (non-hydrogen) atoms. The van der Waals surface area contributed by atoms with Gasteiger partial charge < -0.3 is 20.1 Å². The van der Waals surface area contributed by atoms with Crippen LogP contribution in [0.5, 0.6) is 17.2 Å². The standard InChI is InChI=1S/C18H18O6/c1-10-16(22)15(17(23)12(9-19)18(10)24-2)14(21)8-13(20)11-6-4-3-5-7-11/h3-7,9,13,20,22-23H,8H2,1-2H3. The van der Waals surface area contributed by atoms with Gasteiger partial charge in [-0.15, -0.1) is 0 Å². The highest BCUT2D eigenvalue weighted by Crippen LogP contribution is 2.42. The molecule has 0 saturated carbocycles. The fraction of sp³-hybridized carbons (Fsp3) is 0.222. The molecule has 0 amide bonds. The van der Waals surface area contributed by atoms with Crippen LogP contribution in [0.4, 0.5) is 0 Å². The minimum Gasteiger partial charge on any atom is -0.507 e. The predicted molar refractivity (Wildman–Crippen MR) is 86.8 cm³/mol. The van der Waals surface area contributed by atoms with Gasteiger partial charge in [-0.1, -0.05) is 30.3 Å². The highest BCUT2D eigenvalue weighted by atomic mass is 16.5. The van der Waals surface area contributed by atoms with Crippen LogP contribution in [-0.4, -0.2) is 34.5 Å². The second kappa shape index (κ2) is 7.14. The monoisotopic (exact) mass is 330 g/mol. The number of rotatable bonds is 6. The van der Waals surface area contributed by atoms with Crippen LogP contribution in [0.2, 0.25) is 0 Å². The van der Waals surface area contributed by atoms with E-state index < -0.39 is 28.9 Å². The van der Waals surface area contributed by atoms with Crippen LogP contribution in [-0.2, 0) is 0 Å². The topological polar surface area (TPSA) is 104 Å². The molecule has 1 unspecified atom stereocenters. The molecule has 0 aromatic heterocycles. The first kappa shape index (κ1) is 17.5. The van der Waals surface area contributed by atoms with Crippen molar-refractivity contribution < 1.29 is 29.6 Å². The predicted octanol–water partition coefficient (Wildman–Crippen LogP) is 2.53. The lowest BCUT2D eigenvalue weighted by atomic mass is 9.94. The summed E-state index contributed by atoms with van der Waals surface area (Å²) in [6.07, 6.45) is -1.10. The van der Waals surface area contributed by atoms with E-state index in [2.05, 4.69) is 0 Å². The van der Waals surface area contributed by atoms with Gasteiger partial charge in [0.05, 0.1) is 18.8 Å². The number of benzene rings is 2. The summed E-state index contributed by atoms with van der Waals surface area (Å²) in [4.78, 5) is 23.7. The number of methoxy groups -OCH3 is 1. The van der Waals surface area contributed by atoms with Gasteiger partial charge in [0.25, 0.3) is 0 Å². The quantitative estimate of drug-likeness (QED) is 0.555. The van der Waals surface area contributed by atoms with Gasteiger partial charge in [0.1, 0.15) is 22.8 Å². The average molecular weight is 330 g/mol. The van der Waals surface area contributed by atoms with E-state index in [0.717, 1.165) is 0 Å². The summed E-state index contributed by atoms with van der Waals surface area (Å²) in [5, 5.41) is 30.5. The van der Waals surface area contributed by atoms with E-state index in [1.165, 1.54) is 14.0 Å². The van der Waals surface area contributed by atoms with Gasteiger partial charge in [-0.3, -0.25) is 9.59 Å². The van der Waals surface area contributed by atoms with Crippen molar-refractivity contribution >= 4 is 12.1 Å². The third-order valence-corrected chi connectivity index (χ3v) is 3.83. The van der Waals surface area contributed by atoms with Crippen LogP contribution < -0.4 is 4.74 Å². The number of phenols is 2. The van der Waals surface area contributed by atoms with Gasteiger partial charge in [-0.25, -0.2) is 0 Å². The number of phenolic OH excluding ortho intramolecular Hbond substituents is 2. The summed E-state index contributed by atoms with van der Waals surface area (Å²) in [5.74, 6) is -1.81. The molecular formula is C18H18O6. The average Bonchev–Trinajstić information content (AvgIpc) is 2.58. The van der Waals surface area contributed by atoms with E-state index in [0.29, 0.717) is 11.8 Å². The summed E-state index contributed by atoms with van der Waals surface area (Å²) >= 11 is 0. The maximum atomic E-state index is 12.5. The molecule has 0 fully saturated rings. The second-order valence-corrected chi connectivity index (χ2v) is 5.32. The molecule has 2 rings (SSSR count). The highest BCUT2D eigenvalue weighted by Gasteiger charge is 2.27. The van der Waals surface area contributed by atoms with Gasteiger partial charge in [0.15, 0.2) is 12.1 Å². The van der Waals surface area contributed by atoms with Crippen LogP contribution in [0.3, 0.4) is 0 Å². The zero-order valence-electron chi connectivity index (χ0n) is 13.3. The molecule has 2 aromatic carbocycles. The maximum Gasteiger partial charge on any atom is 0.173 e. The van der Waals surface area contributed by atoms with Crippen molar-refractivity contribution in [2.24, 2.45) is 0 Å². The second-order valence-electron chi connectivity index (χ2n) is 5.32. The van der Waals surface area contributed by atoms with E-state index >= 15 is 0 Å². The molecular weight excluding hydrogens is 312 g/mol. The molecule has 0 saturated heterocycles. The normalized spacial score (nSPS) is 11.8. The van der Waals surface area contributed by atoms with Gasteiger partial charge in [-0.2, -0.15) is 0 Å². The molecule has 0 bridgehead atoms. The summed E-state index contributed by atoms with van der Waals surface area (Å²) in [7, 11) is 1.29. The minimum atomic E-state index is -1.10. The van der Waals surface area contributed by atoms with Crippen molar-refractivity contribution in [1.82, 2.24) is 0 Å². The van der Waals surface area contributed by atoms with Gasteiger partial charge >= 0.3 is 0 Å². The number of ketones is 1. The molecule has 0 radical (unpaired) electrons. The van der Waals surface area contributed by atoms with Crippen molar-refractivity contribution in [3.63, 3.8) is 0 Å².